The van der Waals surface area contributed by atoms with Crippen LogP contribution in [0, 0.1) is 0 Å². The third-order valence-corrected chi connectivity index (χ3v) is 6.26. The number of amides is 1. The van der Waals surface area contributed by atoms with Gasteiger partial charge in [-0.05, 0) is 30.8 Å². The van der Waals surface area contributed by atoms with Crippen molar-refractivity contribution in [2.24, 2.45) is 0 Å². The smallest absolute Gasteiger partial charge is 0.241 e. The second kappa shape index (κ2) is 8.99. The molecule has 0 bridgehead atoms. The summed E-state index contributed by atoms with van der Waals surface area (Å²) >= 11 is 1.83. The second-order valence-corrected chi connectivity index (χ2v) is 8.40. The zero-order valence-electron chi connectivity index (χ0n) is 16.3. The summed E-state index contributed by atoms with van der Waals surface area (Å²) in [5.74, 6) is 1.12. The fourth-order valence-corrected chi connectivity index (χ4v) is 4.84. The normalized spacial score (nSPS) is 16.9. The number of rotatable bonds is 5. The number of hydrogen-bond donors (Lipinski definition) is 0. The largest absolute Gasteiger partial charge is 0.378 e. The molecule has 2 aromatic rings. The van der Waals surface area contributed by atoms with Gasteiger partial charge in [0.25, 0.3) is 0 Å². The summed E-state index contributed by atoms with van der Waals surface area (Å²) in [6.45, 7) is 5.33. The quantitative estimate of drug-likeness (QED) is 0.775. The first-order valence-corrected chi connectivity index (χ1v) is 10.8. The van der Waals surface area contributed by atoms with Gasteiger partial charge < -0.3 is 14.5 Å². The molecule has 0 unspecified atom stereocenters. The van der Waals surface area contributed by atoms with Crippen molar-refractivity contribution in [1.29, 1.82) is 0 Å². The number of fused-ring (bicyclic) bond motifs is 1. The SMILES string of the molecule is CN(CC(=O)N1CCSc2ccccc21)Cc1ccccc1N1CCOCC1. The highest BCUT2D eigenvalue weighted by Gasteiger charge is 2.24. The van der Waals surface area contributed by atoms with Gasteiger partial charge in [-0.3, -0.25) is 9.69 Å². The van der Waals surface area contributed by atoms with Gasteiger partial charge in [0.15, 0.2) is 0 Å². The van der Waals surface area contributed by atoms with Crippen LogP contribution in [0.15, 0.2) is 53.4 Å². The van der Waals surface area contributed by atoms with Crippen molar-refractivity contribution >= 4 is 29.0 Å². The number of likely N-dealkylation sites (N-methyl/N-ethyl adjacent to an activating group) is 1. The second-order valence-electron chi connectivity index (χ2n) is 7.26. The lowest BCUT2D eigenvalue weighted by Gasteiger charge is -2.32. The molecule has 1 fully saturated rings. The van der Waals surface area contributed by atoms with E-state index in [9.17, 15) is 4.79 Å². The Morgan fingerprint density at radius 1 is 1.04 bits per heavy atom. The summed E-state index contributed by atoms with van der Waals surface area (Å²) in [6, 6.07) is 16.7. The molecule has 5 nitrogen and oxygen atoms in total. The maximum Gasteiger partial charge on any atom is 0.241 e. The number of nitrogens with zero attached hydrogens (tertiary/aromatic N) is 3. The minimum Gasteiger partial charge on any atom is -0.378 e. The fourth-order valence-electron chi connectivity index (χ4n) is 3.85. The molecule has 2 heterocycles. The molecular weight excluding hydrogens is 370 g/mol. The van der Waals surface area contributed by atoms with E-state index in [1.165, 1.54) is 16.1 Å². The first-order valence-electron chi connectivity index (χ1n) is 9.84. The molecule has 6 heteroatoms. The lowest BCUT2D eigenvalue weighted by molar-refractivity contribution is -0.119. The number of carbonyl (C=O) groups excluding carboxylic acids is 1. The van der Waals surface area contributed by atoms with Crippen molar-refractivity contribution in [1.82, 2.24) is 4.90 Å². The summed E-state index contributed by atoms with van der Waals surface area (Å²) in [4.78, 5) is 20.6. The molecule has 2 aliphatic heterocycles. The third-order valence-electron chi connectivity index (χ3n) is 5.22. The summed E-state index contributed by atoms with van der Waals surface area (Å²) in [6.07, 6.45) is 0. The van der Waals surface area contributed by atoms with Gasteiger partial charge in [-0.1, -0.05) is 30.3 Å². The summed E-state index contributed by atoms with van der Waals surface area (Å²) in [7, 11) is 2.03. The molecule has 0 aromatic heterocycles. The van der Waals surface area contributed by atoms with Crippen molar-refractivity contribution in [3.05, 3.63) is 54.1 Å². The lowest BCUT2D eigenvalue weighted by Crippen LogP contribution is -2.42. The standard InChI is InChI=1S/C22H27N3O2S/c1-23(16-18-6-2-3-7-19(18)24-10-13-27-14-11-24)17-22(26)25-12-15-28-21-9-5-4-8-20(21)25/h2-9H,10-17H2,1H3. The van der Waals surface area contributed by atoms with Crippen molar-refractivity contribution in [2.75, 3.05) is 62.0 Å². The van der Waals surface area contributed by atoms with Crippen LogP contribution in [-0.2, 0) is 16.1 Å². The Bertz CT molecular complexity index is 823. The van der Waals surface area contributed by atoms with E-state index in [1.54, 1.807) is 0 Å². The molecule has 0 saturated carbocycles. The van der Waals surface area contributed by atoms with Crippen LogP contribution in [0.25, 0.3) is 0 Å². The fraction of sp³-hybridized carbons (Fsp3) is 0.409. The Balaban J connectivity index is 1.43. The first kappa shape index (κ1) is 19.3. The maximum absolute atomic E-state index is 13.0. The molecule has 2 aromatic carbocycles. The van der Waals surface area contributed by atoms with Crippen molar-refractivity contribution in [2.45, 2.75) is 11.4 Å². The molecular formula is C22H27N3O2S. The molecule has 148 valence electrons. The van der Waals surface area contributed by atoms with E-state index in [2.05, 4.69) is 40.1 Å². The summed E-state index contributed by atoms with van der Waals surface area (Å²) in [5, 5.41) is 0. The number of benzene rings is 2. The van der Waals surface area contributed by atoms with Crippen LogP contribution in [0.5, 0.6) is 0 Å². The molecule has 0 aliphatic carbocycles. The van der Waals surface area contributed by atoms with Gasteiger partial charge in [0, 0.05) is 42.5 Å². The topological polar surface area (TPSA) is 36.0 Å². The van der Waals surface area contributed by atoms with Crippen LogP contribution < -0.4 is 9.80 Å². The number of thioether (sulfide) groups is 1. The minimum absolute atomic E-state index is 0.166. The Kier molecular flexibility index (Phi) is 6.20. The molecule has 1 saturated heterocycles. The Morgan fingerprint density at radius 3 is 2.57 bits per heavy atom. The molecule has 0 radical (unpaired) electrons. The highest BCUT2D eigenvalue weighted by molar-refractivity contribution is 7.99. The Morgan fingerprint density at radius 2 is 1.75 bits per heavy atom. The molecule has 1 amide bonds. The van der Waals surface area contributed by atoms with Crippen molar-refractivity contribution < 1.29 is 9.53 Å². The molecule has 28 heavy (non-hydrogen) atoms. The molecule has 0 N–H and O–H groups in total. The molecule has 4 rings (SSSR count). The predicted octanol–water partition coefficient (Wildman–Crippen LogP) is 3.09. The molecule has 0 atom stereocenters. The van der Waals surface area contributed by atoms with Crippen LogP contribution in [0.2, 0.25) is 0 Å². The van der Waals surface area contributed by atoms with E-state index in [-0.39, 0.29) is 5.91 Å². The number of anilines is 2. The Labute approximate surface area is 171 Å². The van der Waals surface area contributed by atoms with Crippen molar-refractivity contribution in [3.63, 3.8) is 0 Å². The van der Waals surface area contributed by atoms with Gasteiger partial charge in [-0.25, -0.2) is 0 Å². The number of ether oxygens (including phenoxy) is 1. The number of para-hydroxylation sites is 2. The Hall–Kier alpha value is -2.02. The molecule has 2 aliphatic rings. The van der Waals surface area contributed by atoms with Gasteiger partial charge in [0.05, 0.1) is 25.4 Å². The highest BCUT2D eigenvalue weighted by atomic mass is 32.2. The highest BCUT2D eigenvalue weighted by Crippen LogP contribution is 2.34. The third kappa shape index (κ3) is 4.35. The van der Waals surface area contributed by atoms with E-state index in [0.717, 1.165) is 50.8 Å². The lowest BCUT2D eigenvalue weighted by atomic mass is 10.1. The monoisotopic (exact) mass is 397 g/mol. The summed E-state index contributed by atoms with van der Waals surface area (Å²) < 4.78 is 5.49. The first-order chi connectivity index (χ1) is 13.7. The van der Waals surface area contributed by atoms with Crippen LogP contribution in [0.4, 0.5) is 11.4 Å². The van der Waals surface area contributed by atoms with Crippen molar-refractivity contribution in [3.8, 4) is 0 Å². The van der Waals surface area contributed by atoms with E-state index in [0.29, 0.717) is 6.54 Å². The predicted molar refractivity (Wildman–Crippen MR) is 115 cm³/mol. The zero-order chi connectivity index (χ0) is 19.3. The number of carbonyl (C=O) groups is 1. The minimum atomic E-state index is 0.166. The van der Waals surface area contributed by atoms with E-state index >= 15 is 0 Å². The zero-order valence-corrected chi connectivity index (χ0v) is 17.2. The van der Waals surface area contributed by atoms with Crippen LogP contribution in [0.3, 0.4) is 0 Å². The van der Waals surface area contributed by atoms with Gasteiger partial charge in [0.2, 0.25) is 5.91 Å². The van der Waals surface area contributed by atoms with E-state index in [4.69, 9.17) is 4.74 Å². The number of morpholine rings is 1. The van der Waals surface area contributed by atoms with Gasteiger partial charge >= 0.3 is 0 Å². The van der Waals surface area contributed by atoms with Crippen LogP contribution >= 0.6 is 11.8 Å². The van der Waals surface area contributed by atoms with Crippen LogP contribution in [-0.4, -0.2) is 63.0 Å². The number of hydrogen-bond acceptors (Lipinski definition) is 5. The summed E-state index contributed by atoms with van der Waals surface area (Å²) in [5.41, 5.74) is 3.56. The van der Waals surface area contributed by atoms with Gasteiger partial charge in [-0.15, -0.1) is 11.8 Å². The van der Waals surface area contributed by atoms with Crippen LogP contribution in [0.1, 0.15) is 5.56 Å². The van der Waals surface area contributed by atoms with E-state index < -0.39 is 0 Å². The molecule has 0 spiro atoms. The van der Waals surface area contributed by atoms with E-state index in [1.807, 2.05) is 41.9 Å². The van der Waals surface area contributed by atoms with Gasteiger partial charge in [0.1, 0.15) is 0 Å². The average molecular weight is 398 g/mol. The van der Waals surface area contributed by atoms with Gasteiger partial charge in [-0.2, -0.15) is 0 Å². The maximum atomic E-state index is 13.0. The average Bonchev–Trinajstić information content (AvgIpc) is 2.74.